The Bertz CT molecular complexity index is 890. The van der Waals surface area contributed by atoms with Crippen molar-refractivity contribution in [3.8, 4) is 0 Å². The molecule has 0 radical (unpaired) electrons. The lowest BCUT2D eigenvalue weighted by atomic mass is 10.1. The van der Waals surface area contributed by atoms with E-state index in [4.69, 9.17) is 4.74 Å². The maximum atomic E-state index is 12.9. The third-order valence-electron chi connectivity index (χ3n) is 4.29. The highest BCUT2D eigenvalue weighted by Crippen LogP contribution is 2.41. The third kappa shape index (κ3) is 5.83. The zero-order valence-corrected chi connectivity index (χ0v) is 19.2. The Morgan fingerprint density at radius 2 is 1.93 bits per heavy atom. The van der Waals surface area contributed by atoms with Crippen LogP contribution in [0.3, 0.4) is 0 Å². The van der Waals surface area contributed by atoms with Crippen LogP contribution in [0.5, 0.6) is 0 Å². The Morgan fingerprint density at radius 3 is 2.52 bits per heavy atom. The number of rotatable bonds is 3. The summed E-state index contributed by atoms with van der Waals surface area (Å²) < 4.78 is 45.8. The van der Waals surface area contributed by atoms with E-state index in [1.54, 1.807) is 23.1 Å². The minimum Gasteiger partial charge on any atom is -0.444 e. The summed E-state index contributed by atoms with van der Waals surface area (Å²) in [5.74, 6) is 0.630. The first kappa shape index (κ1) is 22.3. The van der Waals surface area contributed by atoms with E-state index in [9.17, 15) is 18.0 Å². The van der Waals surface area contributed by atoms with Crippen molar-refractivity contribution in [2.24, 2.45) is 0 Å². The number of carbonyl (C=O) groups is 1. The monoisotopic (exact) mass is 542 g/mol. The molecule has 0 aliphatic carbocycles. The van der Waals surface area contributed by atoms with Gasteiger partial charge in [-0.1, -0.05) is 6.07 Å². The summed E-state index contributed by atoms with van der Waals surface area (Å²) >= 11 is 1.67. The molecule has 3 heterocycles. The van der Waals surface area contributed by atoms with E-state index in [1.807, 2.05) is 43.4 Å². The Labute approximate surface area is 184 Å². The van der Waals surface area contributed by atoms with Gasteiger partial charge in [-0.2, -0.15) is 18.3 Å². The minimum atomic E-state index is -4.37. The molecule has 0 saturated carbocycles. The first-order valence-corrected chi connectivity index (χ1v) is 11.0. The molecule has 2 aromatic heterocycles. The summed E-state index contributed by atoms with van der Waals surface area (Å²) in [6.45, 7) is 6.59. The summed E-state index contributed by atoms with van der Waals surface area (Å²) in [5.41, 5.74) is -4.50. The lowest BCUT2D eigenvalue weighted by Gasteiger charge is -2.34. The van der Waals surface area contributed by atoms with Crippen LogP contribution < -0.4 is 5.32 Å². The van der Waals surface area contributed by atoms with Crippen LogP contribution in [0.4, 0.5) is 23.8 Å². The van der Waals surface area contributed by atoms with E-state index in [0.717, 1.165) is 0 Å². The van der Waals surface area contributed by atoms with Crippen molar-refractivity contribution in [3.05, 3.63) is 21.9 Å². The number of nitrogens with one attached hydrogen (secondary N) is 1. The topological polar surface area (TPSA) is 58.9 Å². The highest BCUT2D eigenvalue weighted by Gasteiger charge is 2.33. The zero-order valence-electron chi connectivity index (χ0n) is 16.2. The third-order valence-corrected chi connectivity index (χ3v) is 6.25. The second-order valence-electron chi connectivity index (χ2n) is 7.76. The molecule has 1 aliphatic heterocycles. The van der Waals surface area contributed by atoms with Crippen molar-refractivity contribution in [1.29, 1.82) is 0 Å². The van der Waals surface area contributed by atoms with Crippen molar-refractivity contribution >= 4 is 51.8 Å². The normalized spacial score (nSPS) is 16.3. The van der Waals surface area contributed by atoms with Gasteiger partial charge in [0, 0.05) is 19.1 Å². The van der Waals surface area contributed by atoms with E-state index >= 15 is 0 Å². The van der Waals surface area contributed by atoms with Gasteiger partial charge in [-0.25, -0.2) is 9.31 Å². The van der Waals surface area contributed by atoms with Crippen LogP contribution >= 0.6 is 34.4 Å². The molecule has 1 amide bonds. The molecule has 1 fully saturated rings. The molecule has 0 aromatic carbocycles. The van der Waals surface area contributed by atoms with E-state index in [2.05, 4.69) is 10.4 Å². The fourth-order valence-electron chi connectivity index (χ4n) is 3.08. The van der Waals surface area contributed by atoms with Crippen molar-refractivity contribution in [1.82, 2.24) is 14.5 Å². The average molecular weight is 542 g/mol. The maximum Gasteiger partial charge on any atom is 0.446 e. The molecule has 0 unspecified atom stereocenters. The number of aromatic nitrogens is 2. The molecule has 160 valence electrons. The standard InChI is InChI=1S/C18H22F3IN4O2S/c1-17(2,3)28-16(27)25-9-7-11(8-10-25)23-13-6-4-5-12-14(29-18(19,20)21)15(22)24-26(12)13/h4-6,11,23H,7-10H2,1-3H3. The first-order chi connectivity index (χ1) is 13.4. The van der Waals surface area contributed by atoms with Crippen LogP contribution in [-0.2, 0) is 4.74 Å². The van der Waals surface area contributed by atoms with Gasteiger partial charge in [-0.3, -0.25) is 0 Å². The Hall–Kier alpha value is -1.37. The summed E-state index contributed by atoms with van der Waals surface area (Å²) in [5, 5.41) is 7.64. The molecule has 11 heteroatoms. The highest BCUT2D eigenvalue weighted by atomic mass is 127. The molecule has 6 nitrogen and oxygen atoms in total. The summed E-state index contributed by atoms with van der Waals surface area (Å²) in [7, 11) is 0. The second-order valence-corrected chi connectivity index (χ2v) is 9.86. The van der Waals surface area contributed by atoms with E-state index in [1.165, 1.54) is 4.52 Å². The number of pyridine rings is 1. The molecular weight excluding hydrogens is 520 g/mol. The van der Waals surface area contributed by atoms with Gasteiger partial charge in [-0.05, 0) is 80.1 Å². The molecule has 1 aliphatic rings. The maximum absolute atomic E-state index is 12.9. The summed E-state index contributed by atoms with van der Waals surface area (Å²) in [4.78, 5) is 14.0. The largest absolute Gasteiger partial charge is 0.446 e. The number of thioether (sulfide) groups is 1. The number of hydrogen-bond donors (Lipinski definition) is 1. The Balaban J connectivity index is 1.69. The quantitative estimate of drug-likeness (QED) is 0.418. The van der Waals surface area contributed by atoms with Crippen LogP contribution in [0, 0.1) is 3.70 Å². The fraction of sp³-hybridized carbons (Fsp3) is 0.556. The summed E-state index contributed by atoms with van der Waals surface area (Å²) in [6.07, 6.45) is 1.09. The first-order valence-electron chi connectivity index (χ1n) is 9.10. The average Bonchev–Trinajstić information content (AvgIpc) is 2.89. The summed E-state index contributed by atoms with van der Waals surface area (Å²) in [6, 6.07) is 5.21. The molecule has 2 aromatic rings. The van der Waals surface area contributed by atoms with Crippen LogP contribution in [0.25, 0.3) is 5.52 Å². The number of alkyl halides is 3. The molecule has 1 saturated heterocycles. The van der Waals surface area contributed by atoms with Crippen molar-refractivity contribution < 1.29 is 22.7 Å². The van der Waals surface area contributed by atoms with Gasteiger partial charge in [0.25, 0.3) is 0 Å². The number of halogens is 4. The lowest BCUT2D eigenvalue weighted by molar-refractivity contribution is -0.0328. The van der Waals surface area contributed by atoms with Gasteiger partial charge in [-0.15, -0.1) is 0 Å². The molecule has 0 spiro atoms. The van der Waals surface area contributed by atoms with Gasteiger partial charge in [0.1, 0.15) is 15.1 Å². The molecule has 0 atom stereocenters. The van der Waals surface area contributed by atoms with Crippen LogP contribution in [-0.4, -0.2) is 50.8 Å². The van der Waals surface area contributed by atoms with E-state index < -0.39 is 11.1 Å². The van der Waals surface area contributed by atoms with Gasteiger partial charge in [0.15, 0.2) is 0 Å². The van der Waals surface area contributed by atoms with Gasteiger partial charge < -0.3 is 15.0 Å². The molecule has 3 rings (SSSR count). The Morgan fingerprint density at radius 1 is 1.28 bits per heavy atom. The smallest absolute Gasteiger partial charge is 0.444 e. The number of hydrogen-bond acceptors (Lipinski definition) is 5. The zero-order chi connectivity index (χ0) is 21.4. The van der Waals surface area contributed by atoms with Crippen molar-refractivity contribution in [2.45, 2.75) is 55.7 Å². The molecule has 29 heavy (non-hydrogen) atoms. The number of amides is 1. The van der Waals surface area contributed by atoms with E-state index in [0.29, 0.717) is 41.0 Å². The molecular formula is C18H22F3IN4O2S. The highest BCUT2D eigenvalue weighted by molar-refractivity contribution is 14.1. The fourth-order valence-corrected chi connectivity index (χ4v) is 4.52. The number of piperidine rings is 1. The molecule has 1 N–H and O–H groups in total. The number of ether oxygens (including phenoxy) is 1. The van der Waals surface area contributed by atoms with E-state index in [-0.39, 0.29) is 28.8 Å². The predicted molar refractivity (Wildman–Crippen MR) is 114 cm³/mol. The number of fused-ring (bicyclic) bond motifs is 1. The number of anilines is 1. The van der Waals surface area contributed by atoms with Crippen LogP contribution in [0.1, 0.15) is 33.6 Å². The SMILES string of the molecule is CC(C)(C)OC(=O)N1CCC(Nc2cccc3c(SC(F)(F)F)c(I)nn23)CC1. The van der Waals surface area contributed by atoms with Crippen LogP contribution in [0.15, 0.2) is 23.1 Å². The van der Waals surface area contributed by atoms with Gasteiger partial charge in [0.05, 0.1) is 10.4 Å². The predicted octanol–water partition coefficient (Wildman–Crippen LogP) is 5.36. The minimum absolute atomic E-state index is 0.0832. The van der Waals surface area contributed by atoms with Gasteiger partial charge >= 0.3 is 11.6 Å². The Kier molecular flexibility index (Phi) is 6.47. The lowest BCUT2D eigenvalue weighted by Crippen LogP contribution is -2.44. The number of likely N-dealkylation sites (tertiary alicyclic amines) is 1. The van der Waals surface area contributed by atoms with Crippen LogP contribution in [0.2, 0.25) is 0 Å². The number of carbonyl (C=O) groups excluding carboxylic acids is 1. The van der Waals surface area contributed by atoms with Gasteiger partial charge in [0.2, 0.25) is 0 Å². The molecule has 0 bridgehead atoms. The number of nitrogens with zero attached hydrogens (tertiary/aromatic N) is 3. The van der Waals surface area contributed by atoms with Crippen molar-refractivity contribution in [2.75, 3.05) is 18.4 Å². The van der Waals surface area contributed by atoms with Crippen molar-refractivity contribution in [3.63, 3.8) is 0 Å². The second kappa shape index (κ2) is 8.40.